The molecule has 1 aliphatic heterocycles. The van der Waals surface area contributed by atoms with Crippen molar-refractivity contribution >= 4 is 5.91 Å². The highest BCUT2D eigenvalue weighted by Gasteiger charge is 2.27. The van der Waals surface area contributed by atoms with Gasteiger partial charge in [0.05, 0.1) is 0 Å². The lowest BCUT2D eigenvalue weighted by Gasteiger charge is -2.37. The third-order valence-corrected chi connectivity index (χ3v) is 3.81. The van der Waals surface area contributed by atoms with Crippen LogP contribution in [0.5, 0.6) is 0 Å². The van der Waals surface area contributed by atoms with E-state index in [9.17, 15) is 4.79 Å². The highest BCUT2D eigenvalue weighted by molar-refractivity contribution is 5.76. The molecule has 1 amide bonds. The van der Waals surface area contributed by atoms with E-state index in [0.29, 0.717) is 36.8 Å². The maximum Gasteiger partial charge on any atom is 0.223 e. The molecule has 16 heavy (non-hydrogen) atoms. The fourth-order valence-electron chi connectivity index (χ4n) is 2.39. The Labute approximate surface area is 99.4 Å². The molecule has 0 radical (unpaired) electrons. The van der Waals surface area contributed by atoms with E-state index in [-0.39, 0.29) is 0 Å². The number of hydrogen-bond acceptors (Lipinski definition) is 2. The minimum atomic E-state index is 0.302. The van der Waals surface area contributed by atoms with Gasteiger partial charge in [-0.25, -0.2) is 0 Å². The van der Waals surface area contributed by atoms with Gasteiger partial charge >= 0.3 is 0 Å². The molecular formula is C13H26N2O. The first-order chi connectivity index (χ1) is 7.58. The number of nitrogens with two attached hydrogens (primary N) is 1. The van der Waals surface area contributed by atoms with E-state index in [2.05, 4.69) is 25.7 Å². The van der Waals surface area contributed by atoms with Crippen molar-refractivity contribution in [1.82, 2.24) is 4.90 Å². The molecule has 3 unspecified atom stereocenters. The lowest BCUT2D eigenvalue weighted by Crippen LogP contribution is -2.45. The van der Waals surface area contributed by atoms with Crippen LogP contribution in [0.2, 0.25) is 0 Å². The van der Waals surface area contributed by atoms with Gasteiger partial charge in [-0.1, -0.05) is 20.3 Å². The molecule has 1 saturated heterocycles. The number of piperidine rings is 1. The quantitative estimate of drug-likeness (QED) is 0.797. The summed E-state index contributed by atoms with van der Waals surface area (Å²) in [6.45, 7) is 8.05. The van der Waals surface area contributed by atoms with Crippen LogP contribution in [0.15, 0.2) is 0 Å². The minimum absolute atomic E-state index is 0.302. The molecular weight excluding hydrogens is 200 g/mol. The van der Waals surface area contributed by atoms with E-state index < -0.39 is 0 Å². The summed E-state index contributed by atoms with van der Waals surface area (Å²) in [5.41, 5.74) is 5.65. The molecule has 0 bridgehead atoms. The van der Waals surface area contributed by atoms with Gasteiger partial charge in [0, 0.05) is 19.0 Å². The summed E-state index contributed by atoms with van der Waals surface area (Å²) < 4.78 is 0. The van der Waals surface area contributed by atoms with Crippen LogP contribution in [0.4, 0.5) is 0 Å². The predicted molar refractivity (Wildman–Crippen MR) is 67.0 cm³/mol. The van der Waals surface area contributed by atoms with Gasteiger partial charge < -0.3 is 10.6 Å². The van der Waals surface area contributed by atoms with Gasteiger partial charge in [-0.2, -0.15) is 0 Å². The standard InChI is InChI=1S/C13H26N2O/c1-4-12(8-14)7-13(16)15-9-10(2)5-6-11(15)3/h10-12H,4-9,14H2,1-3H3. The van der Waals surface area contributed by atoms with Gasteiger partial charge in [0.1, 0.15) is 0 Å². The first-order valence-corrected chi connectivity index (χ1v) is 6.58. The normalized spacial score (nSPS) is 27.9. The first-order valence-electron chi connectivity index (χ1n) is 6.58. The number of nitrogens with zero attached hydrogens (tertiary/aromatic N) is 1. The smallest absolute Gasteiger partial charge is 0.223 e. The molecule has 0 aromatic heterocycles. The van der Waals surface area contributed by atoms with Crippen molar-refractivity contribution < 1.29 is 4.79 Å². The van der Waals surface area contributed by atoms with E-state index in [1.54, 1.807) is 0 Å². The Bertz CT molecular complexity index is 226. The largest absolute Gasteiger partial charge is 0.340 e. The second-order valence-corrected chi connectivity index (χ2v) is 5.29. The lowest BCUT2D eigenvalue weighted by atomic mass is 9.93. The summed E-state index contributed by atoms with van der Waals surface area (Å²) in [6, 6.07) is 0.416. The predicted octanol–water partition coefficient (Wildman–Crippen LogP) is 2.01. The van der Waals surface area contributed by atoms with Crippen molar-refractivity contribution in [2.75, 3.05) is 13.1 Å². The summed E-state index contributed by atoms with van der Waals surface area (Å²) in [7, 11) is 0. The van der Waals surface area contributed by atoms with Crippen molar-refractivity contribution in [2.24, 2.45) is 17.6 Å². The van der Waals surface area contributed by atoms with Crippen LogP contribution in [0.1, 0.15) is 46.5 Å². The van der Waals surface area contributed by atoms with Crippen molar-refractivity contribution in [3.63, 3.8) is 0 Å². The maximum atomic E-state index is 12.2. The summed E-state index contributed by atoms with van der Waals surface area (Å²) in [5.74, 6) is 1.31. The van der Waals surface area contributed by atoms with Crippen LogP contribution in [0.25, 0.3) is 0 Å². The van der Waals surface area contributed by atoms with E-state index in [1.165, 1.54) is 6.42 Å². The first kappa shape index (κ1) is 13.5. The molecule has 3 atom stereocenters. The Kier molecular flexibility index (Phi) is 5.26. The Morgan fingerprint density at radius 1 is 1.44 bits per heavy atom. The Balaban J connectivity index is 2.51. The molecule has 1 aliphatic rings. The molecule has 3 nitrogen and oxygen atoms in total. The number of likely N-dealkylation sites (tertiary alicyclic amines) is 1. The monoisotopic (exact) mass is 226 g/mol. The zero-order valence-corrected chi connectivity index (χ0v) is 10.9. The number of amides is 1. The Morgan fingerprint density at radius 2 is 2.12 bits per heavy atom. The van der Waals surface area contributed by atoms with Crippen molar-refractivity contribution in [1.29, 1.82) is 0 Å². The molecule has 0 aliphatic carbocycles. The highest BCUT2D eigenvalue weighted by Crippen LogP contribution is 2.23. The molecule has 1 heterocycles. The fourth-order valence-corrected chi connectivity index (χ4v) is 2.39. The maximum absolute atomic E-state index is 12.2. The van der Waals surface area contributed by atoms with Gasteiger partial charge in [0.25, 0.3) is 0 Å². The topological polar surface area (TPSA) is 46.3 Å². The Morgan fingerprint density at radius 3 is 2.69 bits per heavy atom. The average Bonchev–Trinajstić information content (AvgIpc) is 2.28. The summed E-state index contributed by atoms with van der Waals surface area (Å²) >= 11 is 0. The zero-order chi connectivity index (χ0) is 12.1. The van der Waals surface area contributed by atoms with Gasteiger partial charge in [0.2, 0.25) is 5.91 Å². The Hall–Kier alpha value is -0.570. The van der Waals surface area contributed by atoms with Crippen LogP contribution in [0, 0.1) is 11.8 Å². The average molecular weight is 226 g/mol. The third kappa shape index (κ3) is 3.48. The molecule has 0 saturated carbocycles. The molecule has 1 fully saturated rings. The lowest BCUT2D eigenvalue weighted by molar-refractivity contribution is -0.136. The van der Waals surface area contributed by atoms with E-state index in [0.717, 1.165) is 19.4 Å². The van der Waals surface area contributed by atoms with E-state index in [4.69, 9.17) is 5.73 Å². The molecule has 2 N–H and O–H groups in total. The third-order valence-electron chi connectivity index (χ3n) is 3.81. The second-order valence-electron chi connectivity index (χ2n) is 5.29. The van der Waals surface area contributed by atoms with Gasteiger partial charge in [-0.05, 0) is 38.1 Å². The molecule has 94 valence electrons. The SMILES string of the molecule is CCC(CN)CC(=O)N1CC(C)CCC1C. The molecule has 3 heteroatoms. The van der Waals surface area contributed by atoms with Crippen LogP contribution in [-0.4, -0.2) is 29.9 Å². The molecule has 0 aromatic rings. The van der Waals surface area contributed by atoms with E-state index in [1.807, 2.05) is 0 Å². The number of rotatable bonds is 4. The molecule has 1 rings (SSSR count). The van der Waals surface area contributed by atoms with Crippen molar-refractivity contribution in [2.45, 2.75) is 52.5 Å². The number of carbonyl (C=O) groups excluding carboxylic acids is 1. The summed E-state index contributed by atoms with van der Waals surface area (Å²) in [6.07, 6.45) is 4.02. The van der Waals surface area contributed by atoms with Gasteiger partial charge in [-0.15, -0.1) is 0 Å². The second kappa shape index (κ2) is 6.24. The summed E-state index contributed by atoms with van der Waals surface area (Å²) in [5, 5.41) is 0. The fraction of sp³-hybridized carbons (Fsp3) is 0.923. The minimum Gasteiger partial charge on any atom is -0.340 e. The number of carbonyl (C=O) groups is 1. The zero-order valence-electron chi connectivity index (χ0n) is 10.9. The van der Waals surface area contributed by atoms with Crippen molar-refractivity contribution in [3.8, 4) is 0 Å². The highest BCUT2D eigenvalue weighted by atomic mass is 16.2. The van der Waals surface area contributed by atoms with Crippen LogP contribution >= 0.6 is 0 Å². The van der Waals surface area contributed by atoms with Gasteiger partial charge in [0.15, 0.2) is 0 Å². The van der Waals surface area contributed by atoms with Crippen LogP contribution in [-0.2, 0) is 4.79 Å². The number of hydrogen-bond donors (Lipinski definition) is 1. The molecule has 0 aromatic carbocycles. The van der Waals surface area contributed by atoms with Gasteiger partial charge in [-0.3, -0.25) is 4.79 Å². The van der Waals surface area contributed by atoms with Crippen LogP contribution < -0.4 is 5.73 Å². The summed E-state index contributed by atoms with van der Waals surface area (Å²) in [4.78, 5) is 14.2. The van der Waals surface area contributed by atoms with Crippen LogP contribution in [0.3, 0.4) is 0 Å². The van der Waals surface area contributed by atoms with Crippen molar-refractivity contribution in [3.05, 3.63) is 0 Å². The molecule has 0 spiro atoms. The van der Waals surface area contributed by atoms with E-state index >= 15 is 0 Å².